The van der Waals surface area contributed by atoms with Crippen LogP contribution in [0.4, 0.5) is 4.79 Å². The van der Waals surface area contributed by atoms with Gasteiger partial charge in [-0.05, 0) is 26.2 Å². The number of carbonyl (C=O) groups excluding carboxylic acids is 3. The highest BCUT2D eigenvalue weighted by Gasteiger charge is 2.47. The van der Waals surface area contributed by atoms with Gasteiger partial charge in [0, 0.05) is 12.0 Å². The van der Waals surface area contributed by atoms with Crippen molar-refractivity contribution in [2.75, 3.05) is 19.7 Å². The van der Waals surface area contributed by atoms with Crippen molar-refractivity contribution in [3.8, 4) is 0 Å². The van der Waals surface area contributed by atoms with Gasteiger partial charge < -0.3 is 15.7 Å². The molecule has 0 radical (unpaired) electrons. The number of hydrogen-bond donors (Lipinski definition) is 3. The lowest BCUT2D eigenvalue weighted by atomic mass is 9.99. The summed E-state index contributed by atoms with van der Waals surface area (Å²) in [5, 5.41) is 14.4. The van der Waals surface area contributed by atoms with Crippen LogP contribution in [0.2, 0.25) is 0 Å². The maximum atomic E-state index is 12.1. The second kappa shape index (κ2) is 5.05. The Morgan fingerprint density at radius 1 is 1.45 bits per heavy atom. The van der Waals surface area contributed by atoms with Crippen LogP contribution in [0, 0.1) is 5.41 Å². The number of carbonyl (C=O) groups is 3. The van der Waals surface area contributed by atoms with Gasteiger partial charge in [0.25, 0.3) is 5.91 Å². The lowest BCUT2D eigenvalue weighted by Crippen LogP contribution is -2.45. The number of amides is 4. The molecule has 112 valence electrons. The van der Waals surface area contributed by atoms with Crippen molar-refractivity contribution in [2.24, 2.45) is 5.41 Å². The van der Waals surface area contributed by atoms with Crippen LogP contribution in [0.5, 0.6) is 0 Å². The lowest BCUT2D eigenvalue weighted by Gasteiger charge is -2.19. The van der Waals surface area contributed by atoms with E-state index in [1.165, 1.54) is 0 Å². The zero-order valence-electron chi connectivity index (χ0n) is 11.9. The van der Waals surface area contributed by atoms with E-state index >= 15 is 0 Å². The molecule has 1 aliphatic carbocycles. The van der Waals surface area contributed by atoms with Crippen molar-refractivity contribution in [3.05, 3.63) is 0 Å². The zero-order chi connectivity index (χ0) is 15.0. The first-order chi connectivity index (χ1) is 9.36. The average molecular weight is 283 g/mol. The van der Waals surface area contributed by atoms with Crippen LogP contribution in [0.3, 0.4) is 0 Å². The van der Waals surface area contributed by atoms with E-state index in [0.29, 0.717) is 13.0 Å². The second-order valence-electron chi connectivity index (χ2n) is 5.94. The SMILES string of the molecule is CCC1(C)NC(=O)N(CC(=O)NCC2(CO)CC2)C1=O. The van der Waals surface area contributed by atoms with Crippen molar-refractivity contribution in [2.45, 2.75) is 38.6 Å². The van der Waals surface area contributed by atoms with Crippen LogP contribution in [0.1, 0.15) is 33.1 Å². The molecule has 1 saturated heterocycles. The fourth-order valence-corrected chi connectivity index (χ4v) is 2.18. The molecule has 2 aliphatic rings. The van der Waals surface area contributed by atoms with Crippen LogP contribution >= 0.6 is 0 Å². The molecule has 1 saturated carbocycles. The summed E-state index contributed by atoms with van der Waals surface area (Å²) in [6.45, 7) is 3.61. The van der Waals surface area contributed by atoms with Gasteiger partial charge in [-0.25, -0.2) is 4.79 Å². The topological polar surface area (TPSA) is 98.7 Å². The Morgan fingerprint density at radius 3 is 2.55 bits per heavy atom. The number of aliphatic hydroxyl groups excluding tert-OH is 1. The summed E-state index contributed by atoms with van der Waals surface area (Å²) in [6.07, 6.45) is 2.25. The summed E-state index contributed by atoms with van der Waals surface area (Å²) in [5.41, 5.74) is -1.11. The largest absolute Gasteiger partial charge is 0.396 e. The second-order valence-corrected chi connectivity index (χ2v) is 5.94. The quantitative estimate of drug-likeness (QED) is 0.577. The van der Waals surface area contributed by atoms with Crippen molar-refractivity contribution in [1.29, 1.82) is 0 Å². The van der Waals surface area contributed by atoms with Crippen LogP contribution in [0.25, 0.3) is 0 Å². The monoisotopic (exact) mass is 283 g/mol. The molecule has 0 spiro atoms. The zero-order valence-corrected chi connectivity index (χ0v) is 11.9. The Hall–Kier alpha value is -1.63. The van der Waals surface area contributed by atoms with Gasteiger partial charge in [-0.1, -0.05) is 6.92 Å². The molecule has 4 amide bonds. The summed E-state index contributed by atoms with van der Waals surface area (Å²) in [4.78, 5) is 36.6. The minimum atomic E-state index is -0.916. The third-order valence-corrected chi connectivity index (χ3v) is 4.31. The fourth-order valence-electron chi connectivity index (χ4n) is 2.18. The number of nitrogens with one attached hydrogen (secondary N) is 2. The smallest absolute Gasteiger partial charge is 0.325 e. The first kappa shape index (κ1) is 14.8. The maximum Gasteiger partial charge on any atom is 0.325 e. The van der Waals surface area contributed by atoms with E-state index in [0.717, 1.165) is 17.7 Å². The van der Waals surface area contributed by atoms with Gasteiger partial charge in [-0.15, -0.1) is 0 Å². The lowest BCUT2D eigenvalue weighted by molar-refractivity contribution is -0.134. The predicted octanol–water partition coefficient (Wildman–Crippen LogP) is -0.404. The maximum absolute atomic E-state index is 12.1. The normalized spacial score (nSPS) is 27.4. The molecule has 1 atom stereocenters. The molecule has 3 N–H and O–H groups in total. The molecular weight excluding hydrogens is 262 g/mol. The molecule has 2 fully saturated rings. The molecule has 2 rings (SSSR count). The van der Waals surface area contributed by atoms with Crippen molar-refractivity contribution in [3.63, 3.8) is 0 Å². The first-order valence-corrected chi connectivity index (χ1v) is 6.87. The molecule has 0 aromatic rings. The van der Waals surface area contributed by atoms with Crippen LogP contribution in [-0.2, 0) is 9.59 Å². The number of urea groups is 1. The predicted molar refractivity (Wildman–Crippen MR) is 70.7 cm³/mol. The molecule has 0 aromatic heterocycles. The molecule has 1 aliphatic heterocycles. The Kier molecular flexibility index (Phi) is 3.73. The van der Waals surface area contributed by atoms with Gasteiger partial charge in [-0.3, -0.25) is 14.5 Å². The number of rotatable bonds is 6. The van der Waals surface area contributed by atoms with E-state index in [9.17, 15) is 14.4 Å². The number of hydrogen-bond acceptors (Lipinski definition) is 4. The molecule has 7 heteroatoms. The standard InChI is InChI=1S/C13H21N3O4/c1-3-12(2)10(19)16(11(20)15-12)6-9(18)14-7-13(8-17)4-5-13/h17H,3-8H2,1-2H3,(H,14,18)(H,15,20). The molecule has 20 heavy (non-hydrogen) atoms. The van der Waals surface area contributed by atoms with Crippen LogP contribution in [0.15, 0.2) is 0 Å². The van der Waals surface area contributed by atoms with E-state index in [2.05, 4.69) is 10.6 Å². The highest BCUT2D eigenvalue weighted by atomic mass is 16.3. The van der Waals surface area contributed by atoms with Crippen molar-refractivity contribution < 1.29 is 19.5 Å². The number of imide groups is 1. The third kappa shape index (κ3) is 2.63. The van der Waals surface area contributed by atoms with E-state index in [-0.39, 0.29) is 30.4 Å². The van der Waals surface area contributed by atoms with Gasteiger partial charge in [-0.2, -0.15) is 0 Å². The van der Waals surface area contributed by atoms with E-state index in [1.807, 2.05) is 0 Å². The minimum Gasteiger partial charge on any atom is -0.396 e. The van der Waals surface area contributed by atoms with Crippen LogP contribution < -0.4 is 10.6 Å². The van der Waals surface area contributed by atoms with Gasteiger partial charge in [0.15, 0.2) is 0 Å². The third-order valence-electron chi connectivity index (χ3n) is 4.31. The Labute approximate surface area is 117 Å². The van der Waals surface area contributed by atoms with Gasteiger partial charge in [0.05, 0.1) is 6.61 Å². The average Bonchev–Trinajstić information content (AvgIpc) is 3.18. The minimum absolute atomic E-state index is 0.0459. The fraction of sp³-hybridized carbons (Fsp3) is 0.769. The molecule has 0 aromatic carbocycles. The summed E-state index contributed by atoms with van der Waals surface area (Å²) >= 11 is 0. The summed E-state index contributed by atoms with van der Waals surface area (Å²) in [7, 11) is 0. The summed E-state index contributed by atoms with van der Waals surface area (Å²) < 4.78 is 0. The highest BCUT2D eigenvalue weighted by molar-refractivity contribution is 6.08. The van der Waals surface area contributed by atoms with Gasteiger partial charge in [0.2, 0.25) is 5.91 Å². The number of nitrogens with zero attached hydrogens (tertiary/aromatic N) is 1. The van der Waals surface area contributed by atoms with Gasteiger partial charge >= 0.3 is 6.03 Å². The highest BCUT2D eigenvalue weighted by Crippen LogP contribution is 2.44. The molecule has 7 nitrogen and oxygen atoms in total. The van der Waals surface area contributed by atoms with Gasteiger partial charge in [0.1, 0.15) is 12.1 Å². The van der Waals surface area contributed by atoms with E-state index in [4.69, 9.17) is 5.11 Å². The Morgan fingerprint density at radius 2 is 2.10 bits per heavy atom. The summed E-state index contributed by atoms with van der Waals surface area (Å²) in [5.74, 6) is -0.753. The molecule has 1 heterocycles. The molecular formula is C13H21N3O4. The van der Waals surface area contributed by atoms with E-state index in [1.54, 1.807) is 13.8 Å². The van der Waals surface area contributed by atoms with Crippen LogP contribution in [-0.4, -0.2) is 53.1 Å². The van der Waals surface area contributed by atoms with Crippen molar-refractivity contribution in [1.82, 2.24) is 15.5 Å². The first-order valence-electron chi connectivity index (χ1n) is 6.87. The Bertz CT molecular complexity index is 447. The summed E-state index contributed by atoms with van der Waals surface area (Å²) in [6, 6.07) is -0.530. The Balaban J connectivity index is 1.88. The van der Waals surface area contributed by atoms with E-state index < -0.39 is 11.6 Å². The molecule has 1 unspecified atom stereocenters. The number of aliphatic hydroxyl groups is 1. The van der Waals surface area contributed by atoms with Crippen molar-refractivity contribution >= 4 is 17.8 Å². The molecule has 0 bridgehead atoms.